The molecule has 0 aliphatic carbocycles. The van der Waals surface area contributed by atoms with Gasteiger partial charge in [0.2, 0.25) is 0 Å². The van der Waals surface area contributed by atoms with Crippen LogP contribution < -0.4 is 9.47 Å². The summed E-state index contributed by atoms with van der Waals surface area (Å²) in [5, 5.41) is 0. The average molecular weight is 263 g/mol. The lowest BCUT2D eigenvalue weighted by Crippen LogP contribution is -1.98. The van der Waals surface area contributed by atoms with Crippen molar-refractivity contribution in [1.82, 2.24) is 4.98 Å². The fourth-order valence-corrected chi connectivity index (χ4v) is 2.17. The van der Waals surface area contributed by atoms with Crippen molar-refractivity contribution < 1.29 is 14.3 Å². The Morgan fingerprint density at radius 1 is 1.39 bits per heavy atom. The smallest absolute Gasteiger partial charge is 0.161 e. The van der Waals surface area contributed by atoms with Gasteiger partial charge in [0.15, 0.2) is 11.5 Å². The molecule has 0 amide bonds. The van der Waals surface area contributed by atoms with E-state index in [1.807, 2.05) is 6.92 Å². The second kappa shape index (κ2) is 5.64. The number of carbonyl (C=O) groups is 1. The Morgan fingerprint density at radius 3 is 2.83 bits per heavy atom. The third-order valence-electron chi connectivity index (χ3n) is 2.53. The van der Waals surface area contributed by atoms with Gasteiger partial charge in [-0.1, -0.05) is 0 Å². The summed E-state index contributed by atoms with van der Waals surface area (Å²) in [6.07, 6.45) is 0.777. The number of carbonyl (C=O) groups excluding carboxylic acids is 1. The minimum atomic E-state index is 0.452. The van der Waals surface area contributed by atoms with E-state index in [-0.39, 0.29) is 0 Å². The second-order valence-corrected chi connectivity index (χ2v) is 4.62. The van der Waals surface area contributed by atoms with Crippen LogP contribution in [-0.2, 0) is 6.61 Å². The number of aromatic nitrogens is 1. The van der Waals surface area contributed by atoms with Gasteiger partial charge in [0, 0.05) is 5.56 Å². The van der Waals surface area contributed by atoms with Crippen LogP contribution in [0.5, 0.6) is 11.5 Å². The number of hydrogen-bond donors (Lipinski definition) is 0. The van der Waals surface area contributed by atoms with Gasteiger partial charge in [-0.15, -0.1) is 11.3 Å². The molecule has 18 heavy (non-hydrogen) atoms. The van der Waals surface area contributed by atoms with E-state index in [1.54, 1.807) is 42.2 Å². The monoisotopic (exact) mass is 263 g/mol. The maximum atomic E-state index is 10.7. The van der Waals surface area contributed by atoms with E-state index in [9.17, 15) is 4.79 Å². The molecule has 0 saturated heterocycles. The van der Waals surface area contributed by atoms with Crippen LogP contribution in [0.4, 0.5) is 0 Å². The van der Waals surface area contributed by atoms with Crippen LogP contribution >= 0.6 is 11.3 Å². The number of hydrogen-bond acceptors (Lipinski definition) is 5. The van der Waals surface area contributed by atoms with Gasteiger partial charge in [0.1, 0.15) is 12.9 Å². The lowest BCUT2D eigenvalue weighted by atomic mass is 10.2. The molecule has 0 aliphatic heterocycles. The molecule has 94 valence electrons. The molecule has 0 unspecified atom stereocenters. The van der Waals surface area contributed by atoms with Gasteiger partial charge in [-0.2, -0.15) is 0 Å². The van der Waals surface area contributed by atoms with Crippen molar-refractivity contribution in [2.75, 3.05) is 7.11 Å². The van der Waals surface area contributed by atoms with E-state index in [1.165, 1.54) is 0 Å². The zero-order valence-corrected chi connectivity index (χ0v) is 11.0. The summed E-state index contributed by atoms with van der Waals surface area (Å²) in [6, 6.07) is 5.09. The van der Waals surface area contributed by atoms with Crippen LogP contribution in [0.25, 0.3) is 0 Å². The summed E-state index contributed by atoms with van der Waals surface area (Å²) in [5.41, 5.74) is 3.33. The molecular weight excluding hydrogens is 250 g/mol. The Morgan fingerprint density at radius 2 is 2.22 bits per heavy atom. The third-order valence-corrected chi connectivity index (χ3v) is 3.44. The molecule has 0 aliphatic rings. The van der Waals surface area contributed by atoms with E-state index in [4.69, 9.17) is 9.47 Å². The number of thiazole rings is 1. The first kappa shape index (κ1) is 12.6. The lowest BCUT2D eigenvalue weighted by Gasteiger charge is -2.10. The summed E-state index contributed by atoms with van der Waals surface area (Å²) in [6.45, 7) is 2.40. The minimum absolute atomic E-state index is 0.452. The number of rotatable bonds is 5. The first-order valence-corrected chi connectivity index (χ1v) is 6.27. The first-order chi connectivity index (χ1) is 8.74. The normalized spacial score (nSPS) is 10.1. The standard InChI is InChI=1S/C13H13NO3S/c1-9-13(18-8-14-9)7-17-11-4-3-10(6-15)5-12(11)16-2/h3-6,8H,7H2,1-2H3. The minimum Gasteiger partial charge on any atom is -0.493 e. The summed E-state index contributed by atoms with van der Waals surface area (Å²) in [4.78, 5) is 15.9. The van der Waals surface area contributed by atoms with Gasteiger partial charge in [-0.05, 0) is 25.1 Å². The molecule has 1 heterocycles. The summed E-state index contributed by atoms with van der Waals surface area (Å²) < 4.78 is 10.9. The van der Waals surface area contributed by atoms with Gasteiger partial charge in [-0.25, -0.2) is 4.98 Å². The molecule has 0 radical (unpaired) electrons. The van der Waals surface area contributed by atoms with Crippen LogP contribution in [0.3, 0.4) is 0 Å². The van der Waals surface area contributed by atoms with E-state index in [0.29, 0.717) is 23.7 Å². The number of aryl methyl sites for hydroxylation is 1. The Balaban J connectivity index is 2.14. The quantitative estimate of drug-likeness (QED) is 0.778. The highest BCUT2D eigenvalue weighted by molar-refractivity contribution is 7.09. The Labute approximate surface area is 109 Å². The summed E-state index contributed by atoms with van der Waals surface area (Å²) in [7, 11) is 1.55. The van der Waals surface area contributed by atoms with Crippen LogP contribution in [0.2, 0.25) is 0 Å². The van der Waals surface area contributed by atoms with Crippen molar-refractivity contribution in [3.05, 3.63) is 39.8 Å². The van der Waals surface area contributed by atoms with E-state index >= 15 is 0 Å². The third kappa shape index (κ3) is 2.68. The second-order valence-electron chi connectivity index (χ2n) is 3.68. The van der Waals surface area contributed by atoms with Crippen LogP contribution in [0.1, 0.15) is 20.9 Å². The molecule has 0 spiro atoms. The maximum Gasteiger partial charge on any atom is 0.161 e. The molecule has 2 rings (SSSR count). The van der Waals surface area contributed by atoms with Crippen molar-refractivity contribution in [3.63, 3.8) is 0 Å². The van der Waals surface area contributed by atoms with E-state index in [2.05, 4.69) is 4.98 Å². The summed E-state index contributed by atoms with van der Waals surface area (Å²) >= 11 is 1.56. The number of methoxy groups -OCH3 is 1. The van der Waals surface area contributed by atoms with Crippen molar-refractivity contribution in [1.29, 1.82) is 0 Å². The van der Waals surface area contributed by atoms with Crippen LogP contribution in [0, 0.1) is 6.92 Å². The predicted molar refractivity (Wildman–Crippen MR) is 69.6 cm³/mol. The van der Waals surface area contributed by atoms with Crippen molar-refractivity contribution >= 4 is 17.6 Å². The molecule has 1 aromatic carbocycles. The highest BCUT2D eigenvalue weighted by Gasteiger charge is 2.08. The largest absolute Gasteiger partial charge is 0.493 e. The van der Waals surface area contributed by atoms with Crippen molar-refractivity contribution in [3.8, 4) is 11.5 Å². The molecule has 0 atom stereocenters. The predicted octanol–water partition coefficient (Wildman–Crippen LogP) is 2.85. The van der Waals surface area contributed by atoms with Crippen LogP contribution in [0.15, 0.2) is 23.7 Å². The van der Waals surface area contributed by atoms with Crippen molar-refractivity contribution in [2.24, 2.45) is 0 Å². The first-order valence-electron chi connectivity index (χ1n) is 5.39. The SMILES string of the molecule is COc1cc(C=O)ccc1OCc1scnc1C. The molecule has 5 heteroatoms. The number of aldehydes is 1. The Hall–Kier alpha value is -1.88. The zero-order valence-electron chi connectivity index (χ0n) is 10.2. The molecule has 0 saturated carbocycles. The number of nitrogens with zero attached hydrogens (tertiary/aromatic N) is 1. The van der Waals surface area contributed by atoms with Gasteiger partial charge in [0.05, 0.1) is 23.2 Å². The summed E-state index contributed by atoms with van der Waals surface area (Å²) in [5.74, 6) is 1.18. The molecule has 2 aromatic rings. The lowest BCUT2D eigenvalue weighted by molar-refractivity contribution is 0.112. The topological polar surface area (TPSA) is 48.4 Å². The number of benzene rings is 1. The van der Waals surface area contributed by atoms with Gasteiger partial charge < -0.3 is 9.47 Å². The van der Waals surface area contributed by atoms with Gasteiger partial charge in [-0.3, -0.25) is 4.79 Å². The highest BCUT2D eigenvalue weighted by atomic mass is 32.1. The van der Waals surface area contributed by atoms with Gasteiger partial charge in [0.25, 0.3) is 0 Å². The average Bonchev–Trinajstić information content (AvgIpc) is 2.81. The number of ether oxygens (including phenoxy) is 2. The van der Waals surface area contributed by atoms with E-state index in [0.717, 1.165) is 16.9 Å². The molecule has 0 bridgehead atoms. The molecule has 0 fully saturated rings. The molecule has 4 nitrogen and oxygen atoms in total. The molecular formula is C13H13NO3S. The maximum absolute atomic E-state index is 10.7. The molecule has 0 N–H and O–H groups in total. The fraction of sp³-hybridized carbons (Fsp3) is 0.231. The van der Waals surface area contributed by atoms with Gasteiger partial charge >= 0.3 is 0 Å². The zero-order chi connectivity index (χ0) is 13.0. The Bertz CT molecular complexity index is 551. The fourth-order valence-electron chi connectivity index (χ4n) is 1.48. The van der Waals surface area contributed by atoms with E-state index < -0.39 is 0 Å². The molecule has 1 aromatic heterocycles. The van der Waals surface area contributed by atoms with Crippen molar-refractivity contribution in [2.45, 2.75) is 13.5 Å². The Kier molecular flexibility index (Phi) is 3.94. The highest BCUT2D eigenvalue weighted by Crippen LogP contribution is 2.29. The van der Waals surface area contributed by atoms with Crippen LogP contribution in [-0.4, -0.2) is 18.4 Å².